The molecule has 1 N–H and O–H groups in total. The highest BCUT2D eigenvalue weighted by atomic mass is 32.1. The van der Waals surface area contributed by atoms with Crippen LogP contribution in [0.5, 0.6) is 0 Å². The number of carbonyl (C=O) groups is 1. The van der Waals surface area contributed by atoms with E-state index < -0.39 is 11.8 Å². The van der Waals surface area contributed by atoms with E-state index >= 15 is 0 Å². The quantitative estimate of drug-likeness (QED) is 0.646. The van der Waals surface area contributed by atoms with E-state index in [1.54, 1.807) is 17.4 Å². The summed E-state index contributed by atoms with van der Waals surface area (Å²) in [6, 6.07) is 13.5. The van der Waals surface area contributed by atoms with Crippen LogP contribution >= 0.6 is 11.3 Å². The minimum absolute atomic E-state index is 0.209. The molecule has 1 amide bonds. The Hall–Kier alpha value is -2.34. The van der Waals surface area contributed by atoms with Gasteiger partial charge < -0.3 is 5.32 Å². The molecule has 0 bridgehead atoms. The van der Waals surface area contributed by atoms with Crippen molar-refractivity contribution in [1.29, 1.82) is 0 Å². The predicted molar refractivity (Wildman–Crippen MR) is 101 cm³/mol. The van der Waals surface area contributed by atoms with Gasteiger partial charge in [0.05, 0.1) is 15.2 Å². The number of nitrogens with zero attached hydrogens (tertiary/aromatic N) is 1. The van der Waals surface area contributed by atoms with Gasteiger partial charge in [-0.25, -0.2) is 13.8 Å². The number of carbonyl (C=O) groups excluding carboxylic acids is 1. The van der Waals surface area contributed by atoms with Crippen LogP contribution in [-0.4, -0.2) is 16.8 Å². The summed E-state index contributed by atoms with van der Waals surface area (Å²) in [5.74, 6) is -3.66. The lowest BCUT2D eigenvalue weighted by Gasteiger charge is -2.12. The summed E-state index contributed by atoms with van der Waals surface area (Å²) in [5.41, 5.74) is 3.60. The number of rotatable bonds is 3. The third kappa shape index (κ3) is 3.46. The minimum atomic E-state index is -2.72. The van der Waals surface area contributed by atoms with Crippen LogP contribution in [0.15, 0.2) is 42.5 Å². The zero-order valence-corrected chi connectivity index (χ0v) is 15.1. The van der Waals surface area contributed by atoms with Crippen LogP contribution in [0.2, 0.25) is 0 Å². The lowest BCUT2D eigenvalue weighted by molar-refractivity contribution is -0.120. The van der Waals surface area contributed by atoms with Crippen molar-refractivity contribution in [2.45, 2.75) is 32.1 Å². The molecular formula is C20H18F2N2OS. The SMILES string of the molecule is Cc1nc2ccc(-c3cccc(NC(=O)[C@H]4CCC(F)(F)C4)c3)cc2s1. The molecule has 2 aromatic carbocycles. The fourth-order valence-corrected chi connectivity index (χ4v) is 4.28. The average molecular weight is 372 g/mol. The van der Waals surface area contributed by atoms with Crippen molar-refractivity contribution in [3.8, 4) is 11.1 Å². The summed E-state index contributed by atoms with van der Waals surface area (Å²) in [4.78, 5) is 16.7. The van der Waals surface area contributed by atoms with Crippen molar-refractivity contribution >= 4 is 33.1 Å². The van der Waals surface area contributed by atoms with Gasteiger partial charge in [0.25, 0.3) is 0 Å². The third-order valence-electron chi connectivity index (χ3n) is 4.73. The number of fused-ring (bicyclic) bond motifs is 1. The van der Waals surface area contributed by atoms with E-state index in [9.17, 15) is 13.6 Å². The Morgan fingerprint density at radius 3 is 2.81 bits per heavy atom. The Kier molecular flexibility index (Phi) is 4.23. The van der Waals surface area contributed by atoms with Crippen LogP contribution in [0, 0.1) is 12.8 Å². The number of aryl methyl sites for hydroxylation is 1. The van der Waals surface area contributed by atoms with Crippen LogP contribution in [0.1, 0.15) is 24.3 Å². The smallest absolute Gasteiger partial charge is 0.248 e. The zero-order chi connectivity index (χ0) is 18.3. The van der Waals surface area contributed by atoms with Gasteiger partial charge in [-0.2, -0.15) is 0 Å². The van der Waals surface area contributed by atoms with Crippen LogP contribution in [0.4, 0.5) is 14.5 Å². The van der Waals surface area contributed by atoms with Crippen molar-refractivity contribution in [1.82, 2.24) is 4.98 Å². The van der Waals surface area contributed by atoms with Crippen molar-refractivity contribution < 1.29 is 13.6 Å². The number of benzene rings is 2. The van der Waals surface area contributed by atoms with Gasteiger partial charge in [-0.15, -0.1) is 11.3 Å². The number of anilines is 1. The molecule has 6 heteroatoms. The first kappa shape index (κ1) is 17.1. The summed E-state index contributed by atoms with van der Waals surface area (Å²) in [5, 5.41) is 3.81. The second-order valence-electron chi connectivity index (χ2n) is 6.78. The molecular weight excluding hydrogens is 354 g/mol. The fourth-order valence-electron chi connectivity index (χ4n) is 3.41. The molecule has 0 saturated heterocycles. The van der Waals surface area contributed by atoms with Crippen LogP contribution in [-0.2, 0) is 4.79 Å². The molecule has 0 unspecified atom stereocenters. The number of hydrogen-bond donors (Lipinski definition) is 1. The topological polar surface area (TPSA) is 42.0 Å². The van der Waals surface area contributed by atoms with Crippen molar-refractivity contribution in [3.63, 3.8) is 0 Å². The zero-order valence-electron chi connectivity index (χ0n) is 14.3. The molecule has 134 valence electrons. The maximum absolute atomic E-state index is 13.3. The van der Waals surface area contributed by atoms with Crippen molar-refractivity contribution in [2.24, 2.45) is 5.92 Å². The number of nitrogens with one attached hydrogen (secondary N) is 1. The minimum Gasteiger partial charge on any atom is -0.326 e. The molecule has 0 radical (unpaired) electrons. The number of thiazole rings is 1. The normalized spacial score (nSPS) is 19.0. The molecule has 1 aromatic heterocycles. The van der Waals surface area contributed by atoms with Gasteiger partial charge in [0, 0.05) is 24.4 Å². The van der Waals surface area contributed by atoms with E-state index in [4.69, 9.17) is 0 Å². The van der Waals surface area contributed by atoms with Gasteiger partial charge in [0.2, 0.25) is 11.8 Å². The van der Waals surface area contributed by atoms with Crippen LogP contribution < -0.4 is 5.32 Å². The first-order valence-corrected chi connectivity index (χ1v) is 9.38. The first-order valence-electron chi connectivity index (χ1n) is 8.56. The number of hydrogen-bond acceptors (Lipinski definition) is 3. The van der Waals surface area contributed by atoms with Crippen LogP contribution in [0.3, 0.4) is 0 Å². The first-order chi connectivity index (χ1) is 12.4. The van der Waals surface area contributed by atoms with Gasteiger partial charge in [0.15, 0.2) is 0 Å². The summed E-state index contributed by atoms with van der Waals surface area (Å²) >= 11 is 1.64. The summed E-state index contributed by atoms with van der Waals surface area (Å²) in [7, 11) is 0. The Labute approximate surface area is 154 Å². The van der Waals surface area contributed by atoms with E-state index in [1.165, 1.54) is 0 Å². The van der Waals surface area contributed by atoms with Gasteiger partial charge in [-0.05, 0) is 48.7 Å². The fraction of sp³-hybridized carbons (Fsp3) is 0.300. The summed E-state index contributed by atoms with van der Waals surface area (Å²) in [6.45, 7) is 1.98. The van der Waals surface area contributed by atoms with E-state index in [-0.39, 0.29) is 25.2 Å². The largest absolute Gasteiger partial charge is 0.326 e. The monoisotopic (exact) mass is 372 g/mol. The Bertz CT molecular complexity index is 983. The number of amides is 1. The number of aromatic nitrogens is 1. The molecule has 1 saturated carbocycles. The second-order valence-corrected chi connectivity index (χ2v) is 8.02. The standard InChI is InChI=1S/C20H18F2N2OS/c1-12-23-17-6-5-14(10-18(17)26-12)13-3-2-4-16(9-13)24-19(25)15-7-8-20(21,22)11-15/h2-6,9-10,15H,7-8,11H2,1H3,(H,24,25)/t15-/m0/s1. The molecule has 26 heavy (non-hydrogen) atoms. The van der Waals surface area contributed by atoms with Gasteiger partial charge in [-0.1, -0.05) is 18.2 Å². The van der Waals surface area contributed by atoms with E-state index in [1.807, 2.05) is 37.3 Å². The molecule has 1 heterocycles. The molecule has 3 nitrogen and oxygen atoms in total. The molecule has 0 spiro atoms. The lowest BCUT2D eigenvalue weighted by Crippen LogP contribution is -2.22. The van der Waals surface area contributed by atoms with Gasteiger partial charge in [0.1, 0.15) is 0 Å². The van der Waals surface area contributed by atoms with E-state index in [2.05, 4.69) is 16.4 Å². The molecule has 1 atom stereocenters. The third-order valence-corrected chi connectivity index (χ3v) is 5.67. The van der Waals surface area contributed by atoms with Crippen molar-refractivity contribution in [3.05, 3.63) is 47.5 Å². The second kappa shape index (κ2) is 6.43. The van der Waals surface area contributed by atoms with Gasteiger partial charge >= 0.3 is 0 Å². The van der Waals surface area contributed by atoms with Gasteiger partial charge in [-0.3, -0.25) is 4.79 Å². The van der Waals surface area contributed by atoms with Crippen molar-refractivity contribution in [2.75, 3.05) is 5.32 Å². The Morgan fingerprint density at radius 2 is 2.04 bits per heavy atom. The predicted octanol–water partition coefficient (Wildman–Crippen LogP) is 5.65. The molecule has 1 aliphatic carbocycles. The molecule has 0 aliphatic heterocycles. The lowest BCUT2D eigenvalue weighted by atomic mass is 10.0. The highest BCUT2D eigenvalue weighted by Gasteiger charge is 2.42. The Balaban J connectivity index is 1.55. The summed E-state index contributed by atoms with van der Waals surface area (Å²) in [6.07, 6.45) is -0.334. The maximum Gasteiger partial charge on any atom is 0.248 e. The average Bonchev–Trinajstić information content (AvgIpc) is 3.15. The van der Waals surface area contributed by atoms with Crippen LogP contribution in [0.25, 0.3) is 21.3 Å². The maximum atomic E-state index is 13.3. The van der Waals surface area contributed by atoms with E-state index in [0.29, 0.717) is 5.69 Å². The highest BCUT2D eigenvalue weighted by molar-refractivity contribution is 7.18. The molecule has 4 rings (SSSR count). The molecule has 3 aromatic rings. The molecule has 1 aliphatic rings. The highest BCUT2D eigenvalue weighted by Crippen LogP contribution is 2.39. The summed E-state index contributed by atoms with van der Waals surface area (Å²) < 4.78 is 27.8. The van der Waals surface area contributed by atoms with E-state index in [0.717, 1.165) is 26.4 Å². The number of halogens is 2. The number of alkyl halides is 2. The Morgan fingerprint density at radius 1 is 1.23 bits per heavy atom. The molecule has 1 fully saturated rings.